The van der Waals surface area contributed by atoms with Crippen LogP contribution in [-0.4, -0.2) is 48.8 Å². The van der Waals surface area contributed by atoms with E-state index in [0.717, 1.165) is 63.7 Å². The van der Waals surface area contributed by atoms with Crippen LogP contribution in [-0.2, 0) is 11.3 Å². The number of nitriles is 1. The van der Waals surface area contributed by atoms with Crippen LogP contribution in [0.25, 0.3) is 33.5 Å². The first-order chi connectivity index (χ1) is 18.5. The van der Waals surface area contributed by atoms with Crippen molar-refractivity contribution in [3.63, 3.8) is 0 Å². The Labute approximate surface area is 218 Å². The molecule has 9 heteroatoms. The number of anilines is 1. The Balaban J connectivity index is 1.17. The molecule has 38 heavy (non-hydrogen) atoms. The second-order valence-corrected chi connectivity index (χ2v) is 10.4. The van der Waals surface area contributed by atoms with Gasteiger partial charge in [-0.3, -0.25) is 4.79 Å². The molecule has 4 aromatic heterocycles. The van der Waals surface area contributed by atoms with Crippen LogP contribution in [0.15, 0.2) is 60.9 Å². The Hall–Kier alpha value is -4.84. The van der Waals surface area contributed by atoms with Gasteiger partial charge < -0.3 is 9.88 Å². The Morgan fingerprint density at radius 3 is 2.71 bits per heavy atom. The van der Waals surface area contributed by atoms with Gasteiger partial charge >= 0.3 is 0 Å². The highest BCUT2D eigenvalue weighted by Crippen LogP contribution is 2.47. The zero-order chi connectivity index (χ0) is 25.9. The van der Waals surface area contributed by atoms with Crippen LogP contribution in [0.1, 0.15) is 29.7 Å². The van der Waals surface area contributed by atoms with E-state index in [9.17, 15) is 10.1 Å². The van der Waals surface area contributed by atoms with Crippen molar-refractivity contribution in [2.24, 2.45) is 5.41 Å². The lowest BCUT2D eigenvalue weighted by Crippen LogP contribution is -2.63. The number of hydrogen-bond acceptors (Lipinski definition) is 7. The van der Waals surface area contributed by atoms with Crippen molar-refractivity contribution in [2.75, 3.05) is 18.0 Å². The summed E-state index contributed by atoms with van der Waals surface area (Å²) in [5.41, 5.74) is 6.71. The maximum Gasteiger partial charge on any atom is 0.138 e. The molecule has 1 aliphatic carbocycles. The SMILES string of the molecule is Cc1c(C#N)cccc1-c1cc(-c2cn(Cc3cccc(N4CC5(CC(=O)C5)C4)n3)nn2)c2cc[nH]c2n1. The molecule has 0 bridgehead atoms. The average Bonchev–Trinajstić information content (AvgIpc) is 3.55. The molecule has 2 aliphatic rings. The smallest absolute Gasteiger partial charge is 0.138 e. The van der Waals surface area contributed by atoms with Crippen LogP contribution in [0.3, 0.4) is 0 Å². The van der Waals surface area contributed by atoms with Gasteiger partial charge in [-0.15, -0.1) is 5.10 Å². The Bertz CT molecular complexity index is 1760. The summed E-state index contributed by atoms with van der Waals surface area (Å²) in [4.78, 5) is 26.6. The van der Waals surface area contributed by atoms with E-state index in [4.69, 9.17) is 9.97 Å². The van der Waals surface area contributed by atoms with E-state index < -0.39 is 0 Å². The molecule has 2 fully saturated rings. The van der Waals surface area contributed by atoms with Gasteiger partial charge in [-0.2, -0.15) is 5.26 Å². The summed E-state index contributed by atoms with van der Waals surface area (Å²) in [7, 11) is 0. The monoisotopic (exact) mass is 500 g/mol. The number of ketones is 1. The zero-order valence-electron chi connectivity index (χ0n) is 20.8. The summed E-state index contributed by atoms with van der Waals surface area (Å²) in [6.45, 7) is 4.24. The van der Waals surface area contributed by atoms with Crippen molar-refractivity contribution < 1.29 is 4.79 Å². The third kappa shape index (κ3) is 3.65. The van der Waals surface area contributed by atoms with Crippen LogP contribution < -0.4 is 4.90 Å². The Morgan fingerprint density at radius 1 is 1.05 bits per heavy atom. The minimum Gasteiger partial charge on any atom is -0.355 e. The van der Waals surface area contributed by atoms with Crippen molar-refractivity contribution in [1.29, 1.82) is 5.26 Å². The van der Waals surface area contributed by atoms with Crippen LogP contribution in [0, 0.1) is 23.7 Å². The van der Waals surface area contributed by atoms with E-state index in [0.29, 0.717) is 30.7 Å². The molecular formula is C29H24N8O. The highest BCUT2D eigenvalue weighted by molar-refractivity contribution is 5.94. The fourth-order valence-electron chi connectivity index (χ4n) is 5.75. The number of rotatable bonds is 5. The first kappa shape index (κ1) is 22.4. The largest absolute Gasteiger partial charge is 0.355 e. The van der Waals surface area contributed by atoms with Crippen LogP contribution in [0.5, 0.6) is 0 Å². The average molecular weight is 501 g/mol. The number of H-pyrrole nitrogens is 1. The number of aromatic nitrogens is 6. The Morgan fingerprint density at radius 2 is 1.89 bits per heavy atom. The molecule has 0 amide bonds. The minimum atomic E-state index is 0.191. The predicted octanol–water partition coefficient (Wildman–Crippen LogP) is 4.28. The molecule has 1 saturated heterocycles. The first-order valence-electron chi connectivity index (χ1n) is 12.6. The number of carbonyl (C=O) groups excluding carboxylic acids is 1. The molecule has 1 spiro atoms. The van der Waals surface area contributed by atoms with Crippen molar-refractivity contribution in [3.8, 4) is 28.6 Å². The van der Waals surface area contributed by atoms with Crippen LogP contribution in [0.4, 0.5) is 5.82 Å². The second-order valence-electron chi connectivity index (χ2n) is 10.4. The normalized spacial score (nSPS) is 15.9. The number of benzene rings is 1. The summed E-state index contributed by atoms with van der Waals surface area (Å²) in [6.07, 6.45) is 5.21. The number of hydrogen-bond donors (Lipinski definition) is 1. The van der Waals surface area contributed by atoms with Crippen molar-refractivity contribution >= 4 is 22.6 Å². The summed E-state index contributed by atoms with van der Waals surface area (Å²) in [5, 5.41) is 19.3. The molecule has 5 aromatic rings. The maximum absolute atomic E-state index is 11.4. The number of pyridine rings is 2. The third-order valence-corrected chi connectivity index (χ3v) is 7.71. The molecule has 9 nitrogen and oxygen atoms in total. The topological polar surface area (TPSA) is 116 Å². The van der Waals surface area contributed by atoms with Crippen molar-refractivity contribution in [2.45, 2.75) is 26.3 Å². The molecule has 1 aromatic carbocycles. The van der Waals surface area contributed by atoms with Gasteiger partial charge in [-0.1, -0.05) is 23.4 Å². The molecule has 1 saturated carbocycles. The van der Waals surface area contributed by atoms with Gasteiger partial charge in [0.1, 0.15) is 22.9 Å². The van der Waals surface area contributed by atoms with Gasteiger partial charge in [0.05, 0.1) is 35.8 Å². The number of nitrogens with one attached hydrogen (secondary N) is 1. The van der Waals surface area contributed by atoms with Crippen LogP contribution in [0.2, 0.25) is 0 Å². The molecule has 1 N–H and O–H groups in total. The minimum absolute atomic E-state index is 0.191. The number of Topliss-reactive ketones (excluding diaryl/α,β-unsaturated/α-hetero) is 1. The summed E-state index contributed by atoms with van der Waals surface area (Å²) in [5.74, 6) is 1.31. The highest BCUT2D eigenvalue weighted by atomic mass is 16.1. The van der Waals surface area contributed by atoms with E-state index in [1.54, 1.807) is 4.68 Å². The summed E-state index contributed by atoms with van der Waals surface area (Å²) < 4.78 is 1.80. The highest BCUT2D eigenvalue weighted by Gasteiger charge is 2.52. The van der Waals surface area contributed by atoms with Crippen molar-refractivity contribution in [1.82, 2.24) is 29.9 Å². The van der Waals surface area contributed by atoms with Gasteiger partial charge in [0, 0.05) is 54.1 Å². The molecular weight excluding hydrogens is 476 g/mol. The number of fused-ring (bicyclic) bond motifs is 1. The van der Waals surface area contributed by atoms with E-state index in [1.807, 2.05) is 67.8 Å². The van der Waals surface area contributed by atoms with E-state index in [-0.39, 0.29) is 5.41 Å². The standard InChI is InChI=1S/C29H24N8O/c1-18-19(13-30)4-2-6-22(18)25-10-24(23-8-9-31-28(23)33-25)26-15-37(35-34-26)14-20-5-3-7-27(32-20)36-16-29(17-36)11-21(38)12-29/h2-10,15H,11-12,14,16-17H2,1H3,(H,31,33). The van der Waals surface area contributed by atoms with Gasteiger partial charge in [0.2, 0.25) is 0 Å². The second kappa shape index (κ2) is 8.35. The lowest BCUT2D eigenvalue weighted by Gasteiger charge is -2.55. The molecule has 1 aliphatic heterocycles. The first-order valence-corrected chi connectivity index (χ1v) is 12.6. The van der Waals surface area contributed by atoms with Gasteiger partial charge in [-0.25, -0.2) is 14.6 Å². The molecule has 0 atom stereocenters. The number of carbonyl (C=O) groups is 1. The molecule has 0 radical (unpaired) electrons. The lowest BCUT2D eigenvalue weighted by atomic mass is 9.63. The van der Waals surface area contributed by atoms with E-state index in [2.05, 4.69) is 26.3 Å². The zero-order valence-corrected chi connectivity index (χ0v) is 20.8. The fourth-order valence-corrected chi connectivity index (χ4v) is 5.75. The van der Waals surface area contributed by atoms with Gasteiger partial charge in [0.25, 0.3) is 0 Å². The number of nitrogens with zero attached hydrogens (tertiary/aromatic N) is 7. The van der Waals surface area contributed by atoms with Crippen LogP contribution >= 0.6 is 0 Å². The molecule has 7 rings (SSSR count). The quantitative estimate of drug-likeness (QED) is 0.383. The molecule has 186 valence electrons. The summed E-state index contributed by atoms with van der Waals surface area (Å²) in [6, 6.07) is 18.0. The van der Waals surface area contributed by atoms with Gasteiger partial charge in [0.15, 0.2) is 0 Å². The molecule has 5 heterocycles. The number of aromatic amines is 1. The van der Waals surface area contributed by atoms with Gasteiger partial charge in [-0.05, 0) is 42.8 Å². The maximum atomic E-state index is 11.4. The predicted molar refractivity (Wildman–Crippen MR) is 142 cm³/mol. The third-order valence-electron chi connectivity index (χ3n) is 7.71. The summed E-state index contributed by atoms with van der Waals surface area (Å²) >= 11 is 0. The molecule has 0 unspecified atom stereocenters. The Kier molecular flexibility index (Phi) is 4.91. The van der Waals surface area contributed by atoms with E-state index >= 15 is 0 Å². The van der Waals surface area contributed by atoms with E-state index in [1.165, 1.54) is 0 Å². The fraction of sp³-hybridized carbons (Fsp3) is 0.241. The van der Waals surface area contributed by atoms with Crippen molar-refractivity contribution in [3.05, 3.63) is 77.7 Å². The lowest BCUT2D eigenvalue weighted by molar-refractivity contribution is -0.134.